The summed E-state index contributed by atoms with van der Waals surface area (Å²) in [6.45, 7) is 2.81. The van der Waals surface area contributed by atoms with Crippen molar-refractivity contribution in [3.8, 4) is 17.6 Å². The van der Waals surface area contributed by atoms with Crippen LogP contribution in [-0.2, 0) is 12.8 Å². The lowest BCUT2D eigenvalue weighted by Gasteiger charge is -2.18. The first kappa shape index (κ1) is 18.1. The van der Waals surface area contributed by atoms with Gasteiger partial charge < -0.3 is 18.8 Å². The predicted octanol–water partition coefficient (Wildman–Crippen LogP) is 3.67. The lowest BCUT2D eigenvalue weighted by molar-refractivity contribution is 0.354. The van der Waals surface area contributed by atoms with E-state index >= 15 is 0 Å². The maximum absolute atomic E-state index is 9.27. The SMILES string of the molecule is COc1ccc(CCCc2nc(C)c(N3CCCC3C#N)o2)cc1OC. The van der Waals surface area contributed by atoms with Crippen LogP contribution >= 0.6 is 0 Å². The number of ether oxygens (including phenoxy) is 2. The van der Waals surface area contributed by atoms with Crippen LogP contribution in [0.2, 0.25) is 0 Å². The number of hydrogen-bond donors (Lipinski definition) is 0. The normalized spacial score (nSPS) is 16.5. The van der Waals surface area contributed by atoms with Gasteiger partial charge in [-0.05, 0) is 50.3 Å². The van der Waals surface area contributed by atoms with E-state index in [2.05, 4.69) is 17.1 Å². The molecule has 6 nitrogen and oxygen atoms in total. The molecule has 1 fully saturated rings. The maximum atomic E-state index is 9.27. The van der Waals surface area contributed by atoms with Gasteiger partial charge in [0.05, 0.1) is 20.3 Å². The van der Waals surface area contributed by atoms with Gasteiger partial charge in [-0.25, -0.2) is 4.98 Å². The van der Waals surface area contributed by atoms with Crippen molar-refractivity contribution in [1.82, 2.24) is 4.98 Å². The summed E-state index contributed by atoms with van der Waals surface area (Å²) >= 11 is 0. The topological polar surface area (TPSA) is 71.5 Å². The molecule has 0 spiro atoms. The zero-order valence-corrected chi connectivity index (χ0v) is 15.6. The number of aryl methyl sites for hydroxylation is 3. The van der Waals surface area contributed by atoms with Crippen molar-refractivity contribution in [3.63, 3.8) is 0 Å². The van der Waals surface area contributed by atoms with Crippen LogP contribution in [0.3, 0.4) is 0 Å². The summed E-state index contributed by atoms with van der Waals surface area (Å²) in [4.78, 5) is 6.60. The molecule has 26 heavy (non-hydrogen) atoms. The van der Waals surface area contributed by atoms with Gasteiger partial charge >= 0.3 is 0 Å². The van der Waals surface area contributed by atoms with Gasteiger partial charge in [-0.15, -0.1) is 0 Å². The Hall–Kier alpha value is -2.68. The van der Waals surface area contributed by atoms with E-state index in [1.807, 2.05) is 24.0 Å². The third kappa shape index (κ3) is 3.77. The quantitative estimate of drug-likeness (QED) is 0.755. The molecule has 0 N–H and O–H groups in total. The minimum atomic E-state index is -0.0961. The molecule has 6 heteroatoms. The first-order valence-corrected chi connectivity index (χ1v) is 8.99. The first-order valence-electron chi connectivity index (χ1n) is 8.99. The standard InChI is InChI=1S/C20H25N3O3/c1-14-20(23-11-5-7-16(23)13-21)26-19(22-14)8-4-6-15-9-10-17(24-2)18(12-15)25-3/h9-10,12,16H,4-8,11H2,1-3H3. The molecule has 0 amide bonds. The highest BCUT2D eigenvalue weighted by Gasteiger charge is 2.28. The number of nitriles is 1. The number of aromatic nitrogens is 1. The van der Waals surface area contributed by atoms with Gasteiger partial charge in [0.2, 0.25) is 5.88 Å². The molecule has 138 valence electrons. The Labute approximate surface area is 154 Å². The molecule has 0 aliphatic carbocycles. The first-order chi connectivity index (χ1) is 12.7. The number of hydrogen-bond acceptors (Lipinski definition) is 6. The van der Waals surface area contributed by atoms with Crippen LogP contribution in [0.15, 0.2) is 22.6 Å². The lowest BCUT2D eigenvalue weighted by atomic mass is 10.1. The van der Waals surface area contributed by atoms with Gasteiger partial charge in [0.25, 0.3) is 0 Å². The second kappa shape index (κ2) is 8.13. The van der Waals surface area contributed by atoms with Crippen molar-refractivity contribution in [2.24, 2.45) is 0 Å². The van der Waals surface area contributed by atoms with E-state index in [1.54, 1.807) is 14.2 Å². The second-order valence-corrected chi connectivity index (χ2v) is 6.52. The van der Waals surface area contributed by atoms with Crippen LogP contribution in [0.25, 0.3) is 0 Å². The Morgan fingerprint density at radius 1 is 1.27 bits per heavy atom. The monoisotopic (exact) mass is 355 g/mol. The highest BCUT2D eigenvalue weighted by Crippen LogP contribution is 2.30. The lowest BCUT2D eigenvalue weighted by Crippen LogP contribution is -2.27. The van der Waals surface area contributed by atoms with Gasteiger partial charge in [0.1, 0.15) is 11.7 Å². The Bertz CT molecular complexity index is 794. The zero-order chi connectivity index (χ0) is 18.5. The van der Waals surface area contributed by atoms with Crippen LogP contribution in [-0.4, -0.2) is 31.8 Å². The Morgan fingerprint density at radius 3 is 2.81 bits per heavy atom. The van der Waals surface area contributed by atoms with E-state index < -0.39 is 0 Å². The summed E-state index contributed by atoms with van der Waals surface area (Å²) in [5.41, 5.74) is 2.06. The van der Waals surface area contributed by atoms with Gasteiger partial charge in [-0.1, -0.05) is 6.07 Å². The molecule has 1 atom stereocenters. The van der Waals surface area contributed by atoms with Crippen molar-refractivity contribution in [1.29, 1.82) is 5.26 Å². The number of anilines is 1. The molecular formula is C20H25N3O3. The molecule has 0 saturated carbocycles. The minimum absolute atomic E-state index is 0.0961. The van der Waals surface area contributed by atoms with Crippen molar-refractivity contribution in [2.75, 3.05) is 25.7 Å². The van der Waals surface area contributed by atoms with Gasteiger partial charge in [-0.3, -0.25) is 0 Å². The molecule has 1 aromatic heterocycles. The predicted molar refractivity (Wildman–Crippen MR) is 98.8 cm³/mol. The fourth-order valence-electron chi connectivity index (χ4n) is 3.44. The molecule has 0 bridgehead atoms. The summed E-state index contributed by atoms with van der Waals surface area (Å²) < 4.78 is 16.6. The van der Waals surface area contributed by atoms with Crippen molar-refractivity contribution in [2.45, 2.75) is 45.1 Å². The number of nitrogens with zero attached hydrogens (tertiary/aromatic N) is 3. The third-order valence-corrected chi connectivity index (χ3v) is 4.78. The molecular weight excluding hydrogens is 330 g/mol. The smallest absolute Gasteiger partial charge is 0.220 e. The summed E-state index contributed by atoms with van der Waals surface area (Å²) in [7, 11) is 3.28. The van der Waals surface area contributed by atoms with Crippen molar-refractivity contribution < 1.29 is 13.9 Å². The van der Waals surface area contributed by atoms with Crippen molar-refractivity contribution in [3.05, 3.63) is 35.3 Å². The number of methoxy groups -OCH3 is 2. The number of benzene rings is 1. The molecule has 1 aromatic carbocycles. The van der Waals surface area contributed by atoms with E-state index in [-0.39, 0.29) is 6.04 Å². The zero-order valence-electron chi connectivity index (χ0n) is 15.6. The Morgan fingerprint density at radius 2 is 2.08 bits per heavy atom. The van der Waals surface area contributed by atoms with E-state index in [0.29, 0.717) is 0 Å². The van der Waals surface area contributed by atoms with E-state index in [9.17, 15) is 5.26 Å². The maximum Gasteiger partial charge on any atom is 0.220 e. The van der Waals surface area contributed by atoms with Crippen LogP contribution in [0, 0.1) is 18.3 Å². The molecule has 3 rings (SSSR count). The summed E-state index contributed by atoms with van der Waals surface area (Å²) in [6.07, 6.45) is 4.51. The fraction of sp³-hybridized carbons (Fsp3) is 0.500. The molecule has 1 saturated heterocycles. The Kier molecular flexibility index (Phi) is 5.67. The average molecular weight is 355 g/mol. The molecule has 1 aliphatic heterocycles. The van der Waals surface area contributed by atoms with Crippen LogP contribution < -0.4 is 14.4 Å². The van der Waals surface area contributed by atoms with E-state index in [4.69, 9.17) is 13.9 Å². The summed E-state index contributed by atoms with van der Waals surface area (Å²) in [6, 6.07) is 8.24. The fourth-order valence-corrected chi connectivity index (χ4v) is 3.44. The largest absolute Gasteiger partial charge is 0.493 e. The third-order valence-electron chi connectivity index (χ3n) is 4.78. The second-order valence-electron chi connectivity index (χ2n) is 6.52. The van der Waals surface area contributed by atoms with Crippen molar-refractivity contribution >= 4 is 5.88 Å². The average Bonchev–Trinajstić information content (AvgIpc) is 3.27. The number of oxazole rings is 1. The molecule has 1 unspecified atom stereocenters. The van der Waals surface area contributed by atoms with Crippen LogP contribution in [0.5, 0.6) is 11.5 Å². The van der Waals surface area contributed by atoms with Gasteiger partial charge in [0.15, 0.2) is 17.4 Å². The molecule has 2 aromatic rings. The minimum Gasteiger partial charge on any atom is -0.493 e. The van der Waals surface area contributed by atoms with E-state index in [0.717, 1.165) is 67.6 Å². The highest BCUT2D eigenvalue weighted by molar-refractivity contribution is 5.45. The summed E-state index contributed by atoms with van der Waals surface area (Å²) in [5.74, 6) is 2.98. The van der Waals surface area contributed by atoms with E-state index in [1.165, 1.54) is 5.56 Å². The van der Waals surface area contributed by atoms with Gasteiger partial charge in [0, 0.05) is 13.0 Å². The molecule has 1 aliphatic rings. The molecule has 2 heterocycles. The molecule has 0 radical (unpaired) electrons. The van der Waals surface area contributed by atoms with Crippen LogP contribution in [0.1, 0.15) is 36.4 Å². The highest BCUT2D eigenvalue weighted by atomic mass is 16.5. The van der Waals surface area contributed by atoms with Crippen LogP contribution in [0.4, 0.5) is 5.88 Å². The van der Waals surface area contributed by atoms with Gasteiger partial charge in [-0.2, -0.15) is 5.26 Å². The number of rotatable bonds is 7. The summed E-state index contributed by atoms with van der Waals surface area (Å²) in [5, 5.41) is 9.27. The Balaban J connectivity index is 1.61.